The van der Waals surface area contributed by atoms with E-state index in [9.17, 15) is 9.59 Å². The molecule has 5 nitrogen and oxygen atoms in total. The lowest BCUT2D eigenvalue weighted by Gasteiger charge is -2.48. The molecule has 0 spiro atoms. The molecule has 2 amide bonds. The van der Waals surface area contributed by atoms with Gasteiger partial charge in [0.05, 0.1) is 19.1 Å². The number of benzene rings is 3. The molecule has 0 aromatic heterocycles. The lowest BCUT2D eigenvalue weighted by molar-refractivity contribution is -0.136. The zero-order chi connectivity index (χ0) is 27.5. The highest BCUT2D eigenvalue weighted by Gasteiger charge is 2.48. The number of hydrogen-bond donors (Lipinski definition) is 0. The average molecular weight is 537 g/mol. The van der Waals surface area contributed by atoms with Crippen LogP contribution in [0.3, 0.4) is 0 Å². The topological polar surface area (TPSA) is 49.9 Å². The minimum absolute atomic E-state index is 0.0638. The number of methoxy groups -OCH3 is 1. The summed E-state index contributed by atoms with van der Waals surface area (Å²) in [5.41, 5.74) is 3.94. The summed E-state index contributed by atoms with van der Waals surface area (Å²) in [6, 6.07) is 26.3. The van der Waals surface area contributed by atoms with Crippen LogP contribution < -0.4 is 4.74 Å². The highest BCUT2D eigenvalue weighted by Crippen LogP contribution is 2.47. The number of ether oxygens (including phenoxy) is 1. The molecule has 2 heterocycles. The van der Waals surface area contributed by atoms with Crippen LogP contribution in [-0.2, 0) is 11.2 Å². The zero-order valence-corrected chi connectivity index (χ0v) is 23.5. The average Bonchev–Trinajstić information content (AvgIpc) is 3.02. The maximum Gasteiger partial charge on any atom is 0.254 e. The molecular weight excluding hydrogens is 496 g/mol. The zero-order valence-electron chi connectivity index (χ0n) is 23.5. The van der Waals surface area contributed by atoms with Crippen LogP contribution in [-0.4, -0.2) is 47.9 Å². The van der Waals surface area contributed by atoms with Crippen LogP contribution in [0.1, 0.15) is 84.0 Å². The van der Waals surface area contributed by atoms with E-state index in [1.165, 1.54) is 12.0 Å². The Morgan fingerprint density at radius 2 is 1.50 bits per heavy atom. The summed E-state index contributed by atoms with van der Waals surface area (Å²) in [7, 11) is 1.66. The molecule has 2 aliphatic heterocycles. The minimum Gasteiger partial charge on any atom is -0.497 e. The number of fused-ring (bicyclic) bond motifs is 1. The van der Waals surface area contributed by atoms with Crippen LogP contribution in [0.2, 0.25) is 0 Å². The summed E-state index contributed by atoms with van der Waals surface area (Å²) in [6.45, 7) is 1.53. The van der Waals surface area contributed by atoms with Crippen molar-refractivity contribution in [1.82, 2.24) is 9.80 Å². The number of hydrogen-bond acceptors (Lipinski definition) is 3. The molecule has 0 unspecified atom stereocenters. The van der Waals surface area contributed by atoms with Gasteiger partial charge in [-0.2, -0.15) is 0 Å². The summed E-state index contributed by atoms with van der Waals surface area (Å²) in [5, 5.41) is 0. The van der Waals surface area contributed by atoms with E-state index in [1.54, 1.807) is 7.11 Å². The Bertz CT molecular complexity index is 1310. The number of carbonyl (C=O) groups is 2. The standard InChI is InChI=1S/C35H40N2O3/c1-40-29-18-16-27(17-19-29)33-32(35(39)36-22-20-26(21-23-36)24-25-10-4-2-5-11-25)30-14-8-9-15-31(30)34(38)37(33)28-12-6-3-7-13-28/h2,4-5,8-11,14-19,26,28,32-33H,3,6-7,12-13,20-24H2,1H3/t32-,33+/m1/s1. The van der Waals surface area contributed by atoms with Crippen LogP contribution in [0, 0.1) is 5.92 Å². The van der Waals surface area contributed by atoms with Gasteiger partial charge in [-0.05, 0) is 72.9 Å². The Kier molecular flexibility index (Phi) is 7.90. The van der Waals surface area contributed by atoms with Crippen molar-refractivity contribution in [2.24, 2.45) is 5.92 Å². The number of amides is 2. The van der Waals surface area contributed by atoms with Gasteiger partial charge in [0, 0.05) is 24.7 Å². The van der Waals surface area contributed by atoms with E-state index in [-0.39, 0.29) is 23.9 Å². The molecule has 3 aromatic rings. The molecule has 40 heavy (non-hydrogen) atoms. The van der Waals surface area contributed by atoms with E-state index in [0.29, 0.717) is 11.5 Å². The van der Waals surface area contributed by atoms with Crippen molar-refractivity contribution in [1.29, 1.82) is 0 Å². The van der Waals surface area contributed by atoms with Crippen molar-refractivity contribution in [2.45, 2.75) is 69.4 Å². The monoisotopic (exact) mass is 536 g/mol. The van der Waals surface area contributed by atoms with Crippen LogP contribution in [0.25, 0.3) is 0 Å². The Morgan fingerprint density at radius 3 is 2.20 bits per heavy atom. The van der Waals surface area contributed by atoms with E-state index < -0.39 is 5.92 Å². The van der Waals surface area contributed by atoms with Crippen molar-refractivity contribution >= 4 is 11.8 Å². The number of piperidine rings is 1. The normalized spacial score (nSPS) is 22.2. The molecule has 3 aliphatic rings. The van der Waals surface area contributed by atoms with Gasteiger partial charge in [0.15, 0.2) is 0 Å². The first-order chi connectivity index (χ1) is 19.6. The van der Waals surface area contributed by atoms with Gasteiger partial charge in [-0.15, -0.1) is 0 Å². The Balaban J connectivity index is 1.33. The first-order valence-corrected chi connectivity index (χ1v) is 15.0. The molecule has 0 N–H and O–H groups in total. The molecule has 208 valence electrons. The fraction of sp³-hybridized carbons (Fsp3) is 0.429. The smallest absolute Gasteiger partial charge is 0.254 e. The second-order valence-electron chi connectivity index (χ2n) is 11.7. The number of likely N-dealkylation sites (tertiary alicyclic amines) is 1. The van der Waals surface area contributed by atoms with Crippen LogP contribution in [0.4, 0.5) is 0 Å². The lowest BCUT2D eigenvalue weighted by Crippen LogP contribution is -2.53. The molecule has 6 rings (SSSR count). The largest absolute Gasteiger partial charge is 0.497 e. The van der Waals surface area contributed by atoms with Crippen molar-refractivity contribution < 1.29 is 14.3 Å². The van der Waals surface area contributed by atoms with Gasteiger partial charge < -0.3 is 14.5 Å². The predicted octanol–water partition coefficient (Wildman–Crippen LogP) is 6.79. The molecule has 2 fully saturated rings. The Morgan fingerprint density at radius 1 is 0.825 bits per heavy atom. The SMILES string of the molecule is COc1ccc([C@H]2[C@H](C(=O)N3CCC(Cc4ccccc4)CC3)c3ccccc3C(=O)N2C2CCCCC2)cc1. The molecule has 0 radical (unpaired) electrons. The quantitative estimate of drug-likeness (QED) is 0.349. The van der Waals surface area contributed by atoms with Crippen molar-refractivity contribution in [3.8, 4) is 5.75 Å². The predicted molar refractivity (Wildman–Crippen MR) is 157 cm³/mol. The fourth-order valence-corrected chi connectivity index (χ4v) is 7.24. The third-order valence-electron chi connectivity index (χ3n) is 9.36. The highest BCUT2D eigenvalue weighted by atomic mass is 16.5. The first-order valence-electron chi connectivity index (χ1n) is 15.0. The van der Waals surface area contributed by atoms with Crippen molar-refractivity contribution in [3.05, 3.63) is 101 Å². The molecule has 1 aliphatic carbocycles. The summed E-state index contributed by atoms with van der Waals surface area (Å²) in [5.74, 6) is 1.16. The van der Waals surface area contributed by atoms with Gasteiger partial charge in [0.1, 0.15) is 5.75 Å². The maximum absolute atomic E-state index is 14.6. The maximum atomic E-state index is 14.6. The van der Waals surface area contributed by atoms with Gasteiger partial charge in [-0.1, -0.05) is 79.9 Å². The van der Waals surface area contributed by atoms with E-state index in [4.69, 9.17) is 4.74 Å². The van der Waals surface area contributed by atoms with Crippen LogP contribution in [0.5, 0.6) is 5.75 Å². The van der Waals surface area contributed by atoms with Crippen molar-refractivity contribution in [2.75, 3.05) is 20.2 Å². The van der Waals surface area contributed by atoms with Gasteiger partial charge in [-0.3, -0.25) is 9.59 Å². The van der Waals surface area contributed by atoms with E-state index in [2.05, 4.69) is 40.1 Å². The van der Waals surface area contributed by atoms with Crippen LogP contribution in [0.15, 0.2) is 78.9 Å². The van der Waals surface area contributed by atoms with Gasteiger partial charge in [0.2, 0.25) is 5.91 Å². The summed E-state index contributed by atoms with van der Waals surface area (Å²) < 4.78 is 5.44. The van der Waals surface area contributed by atoms with Crippen LogP contribution >= 0.6 is 0 Å². The molecule has 1 saturated carbocycles. The summed E-state index contributed by atoms with van der Waals surface area (Å²) >= 11 is 0. The van der Waals surface area contributed by atoms with E-state index in [1.807, 2.05) is 48.5 Å². The minimum atomic E-state index is -0.421. The van der Waals surface area contributed by atoms with Crippen molar-refractivity contribution in [3.63, 3.8) is 0 Å². The van der Waals surface area contributed by atoms with Gasteiger partial charge in [0.25, 0.3) is 5.91 Å². The second kappa shape index (κ2) is 11.9. The molecule has 0 bridgehead atoms. The molecule has 3 aromatic carbocycles. The molecule has 2 atom stereocenters. The van der Waals surface area contributed by atoms with E-state index in [0.717, 1.165) is 74.9 Å². The molecule has 5 heteroatoms. The molecular formula is C35H40N2O3. The summed E-state index contributed by atoms with van der Waals surface area (Å²) in [4.78, 5) is 32.9. The van der Waals surface area contributed by atoms with Gasteiger partial charge in [-0.25, -0.2) is 0 Å². The third kappa shape index (κ3) is 5.26. The second-order valence-corrected chi connectivity index (χ2v) is 11.7. The first kappa shape index (κ1) is 26.6. The number of carbonyl (C=O) groups excluding carboxylic acids is 2. The number of rotatable bonds is 6. The fourth-order valence-electron chi connectivity index (χ4n) is 7.24. The highest BCUT2D eigenvalue weighted by molar-refractivity contribution is 6.01. The van der Waals surface area contributed by atoms with E-state index >= 15 is 0 Å². The number of nitrogens with zero attached hydrogens (tertiary/aromatic N) is 2. The van der Waals surface area contributed by atoms with Gasteiger partial charge >= 0.3 is 0 Å². The lowest BCUT2D eigenvalue weighted by atomic mass is 9.76. The summed E-state index contributed by atoms with van der Waals surface area (Å²) in [6.07, 6.45) is 8.52. The Labute approximate surface area is 238 Å². The molecule has 1 saturated heterocycles. The Hall–Kier alpha value is -3.60. The third-order valence-corrected chi connectivity index (χ3v) is 9.36.